The summed E-state index contributed by atoms with van der Waals surface area (Å²) in [6.45, 7) is 7.04. The van der Waals surface area contributed by atoms with Crippen LogP contribution in [0.2, 0.25) is 0 Å². The van der Waals surface area contributed by atoms with Gasteiger partial charge in [0.15, 0.2) is 0 Å². The lowest BCUT2D eigenvalue weighted by Crippen LogP contribution is -2.25. The average Bonchev–Trinajstić information content (AvgIpc) is 2.40. The number of halogens is 1. The van der Waals surface area contributed by atoms with E-state index in [1.807, 2.05) is 0 Å². The Kier molecular flexibility index (Phi) is 5.04. The summed E-state index contributed by atoms with van der Waals surface area (Å²) in [5, 5.41) is 0. The Hall–Kier alpha value is -1.08. The first-order chi connectivity index (χ1) is 9.45. The van der Waals surface area contributed by atoms with Crippen LogP contribution in [0.4, 0.5) is 0 Å². The molecule has 0 saturated carbocycles. The van der Waals surface area contributed by atoms with E-state index in [-0.39, 0.29) is 0 Å². The van der Waals surface area contributed by atoms with Crippen molar-refractivity contribution in [3.05, 3.63) is 70.2 Å². The molecule has 0 N–H and O–H groups in total. The molecule has 2 rings (SSSR count). The maximum absolute atomic E-state index is 3.50. The van der Waals surface area contributed by atoms with Crippen LogP contribution in [0, 0.1) is 11.3 Å². The molecule has 2 aromatic carbocycles. The highest BCUT2D eigenvalue weighted by Gasteiger charge is 2.24. The van der Waals surface area contributed by atoms with E-state index in [0.29, 0.717) is 11.3 Å². The molecule has 106 valence electrons. The molecule has 0 aliphatic carbocycles. The van der Waals surface area contributed by atoms with Crippen LogP contribution in [0.1, 0.15) is 31.9 Å². The van der Waals surface area contributed by atoms with Crippen molar-refractivity contribution in [2.75, 3.05) is 0 Å². The maximum atomic E-state index is 3.50. The number of hydrogen-bond acceptors (Lipinski definition) is 0. The summed E-state index contributed by atoms with van der Waals surface area (Å²) in [4.78, 5) is 0. The van der Waals surface area contributed by atoms with Crippen molar-refractivity contribution in [2.45, 2.75) is 33.6 Å². The fraction of sp³-hybridized carbons (Fsp3) is 0.368. The lowest BCUT2D eigenvalue weighted by atomic mass is 9.74. The first kappa shape index (κ1) is 15.3. The van der Waals surface area contributed by atoms with Gasteiger partial charge in [0.1, 0.15) is 0 Å². The van der Waals surface area contributed by atoms with Gasteiger partial charge >= 0.3 is 0 Å². The molecule has 0 bridgehead atoms. The first-order valence-electron chi connectivity index (χ1n) is 7.23. The minimum atomic E-state index is 0.308. The van der Waals surface area contributed by atoms with Gasteiger partial charge in [-0.1, -0.05) is 79.2 Å². The third-order valence-corrected chi connectivity index (χ3v) is 4.47. The van der Waals surface area contributed by atoms with E-state index in [2.05, 4.69) is 91.3 Å². The first-order valence-corrected chi connectivity index (χ1v) is 8.03. The Morgan fingerprint density at radius 2 is 1.30 bits per heavy atom. The zero-order valence-electron chi connectivity index (χ0n) is 12.6. The fourth-order valence-corrected chi connectivity index (χ4v) is 2.75. The van der Waals surface area contributed by atoms with Gasteiger partial charge in [0.25, 0.3) is 0 Å². The van der Waals surface area contributed by atoms with E-state index in [1.54, 1.807) is 0 Å². The van der Waals surface area contributed by atoms with Gasteiger partial charge < -0.3 is 0 Å². The van der Waals surface area contributed by atoms with Gasteiger partial charge in [0.2, 0.25) is 0 Å². The van der Waals surface area contributed by atoms with Gasteiger partial charge in [0.05, 0.1) is 0 Å². The second kappa shape index (κ2) is 6.58. The molecule has 1 unspecified atom stereocenters. The number of hydrogen-bond donors (Lipinski definition) is 0. The van der Waals surface area contributed by atoms with Gasteiger partial charge in [-0.25, -0.2) is 0 Å². The summed E-state index contributed by atoms with van der Waals surface area (Å²) in [7, 11) is 0. The van der Waals surface area contributed by atoms with Crippen LogP contribution in [0.5, 0.6) is 0 Å². The Balaban J connectivity index is 2.14. The van der Waals surface area contributed by atoms with E-state index in [1.165, 1.54) is 11.1 Å². The van der Waals surface area contributed by atoms with Crippen molar-refractivity contribution < 1.29 is 0 Å². The van der Waals surface area contributed by atoms with Gasteiger partial charge in [-0.3, -0.25) is 0 Å². The molecule has 0 nitrogen and oxygen atoms in total. The van der Waals surface area contributed by atoms with E-state index in [0.717, 1.165) is 17.3 Å². The summed E-state index contributed by atoms with van der Waals surface area (Å²) in [6, 6.07) is 19.6. The Labute approximate surface area is 131 Å². The predicted molar refractivity (Wildman–Crippen MR) is 90.9 cm³/mol. The van der Waals surface area contributed by atoms with Gasteiger partial charge in [-0.05, 0) is 47.4 Å². The van der Waals surface area contributed by atoms with Gasteiger partial charge in [-0.15, -0.1) is 0 Å². The third kappa shape index (κ3) is 4.49. The molecule has 0 radical (unpaired) electrons. The molecular formula is C19H23Br. The number of benzene rings is 2. The van der Waals surface area contributed by atoms with Crippen LogP contribution in [-0.4, -0.2) is 0 Å². The summed E-state index contributed by atoms with van der Waals surface area (Å²) in [6.07, 6.45) is 2.27. The van der Waals surface area contributed by atoms with Crippen molar-refractivity contribution in [2.24, 2.45) is 11.3 Å². The maximum Gasteiger partial charge on any atom is 0.0175 e. The van der Waals surface area contributed by atoms with Crippen molar-refractivity contribution in [1.82, 2.24) is 0 Å². The third-order valence-electron chi connectivity index (χ3n) is 3.95. The van der Waals surface area contributed by atoms with Crippen molar-refractivity contribution in [1.29, 1.82) is 0 Å². The monoisotopic (exact) mass is 330 g/mol. The topological polar surface area (TPSA) is 0 Å². The zero-order chi connectivity index (χ0) is 14.6. The predicted octanol–water partition coefficient (Wildman–Crippen LogP) is 5.90. The SMILES string of the molecule is CC(C)(C)C(Cc1ccccc1)Cc1ccc(Br)cc1. The molecule has 0 fully saturated rings. The fourth-order valence-electron chi connectivity index (χ4n) is 2.49. The quantitative estimate of drug-likeness (QED) is 0.654. The molecule has 1 atom stereocenters. The lowest BCUT2D eigenvalue weighted by Gasteiger charge is -2.31. The van der Waals surface area contributed by atoms with E-state index >= 15 is 0 Å². The minimum Gasteiger partial charge on any atom is -0.0622 e. The van der Waals surface area contributed by atoms with E-state index < -0.39 is 0 Å². The van der Waals surface area contributed by atoms with Crippen LogP contribution in [0.15, 0.2) is 59.1 Å². The van der Waals surface area contributed by atoms with E-state index in [9.17, 15) is 0 Å². The Morgan fingerprint density at radius 3 is 1.80 bits per heavy atom. The molecule has 1 heteroatoms. The smallest absolute Gasteiger partial charge is 0.0175 e. The molecule has 0 amide bonds. The van der Waals surface area contributed by atoms with Gasteiger partial charge in [-0.2, -0.15) is 0 Å². The van der Waals surface area contributed by atoms with Crippen LogP contribution in [0.25, 0.3) is 0 Å². The normalized spacial score (nSPS) is 13.2. The molecule has 0 saturated heterocycles. The molecule has 0 aliphatic rings. The highest BCUT2D eigenvalue weighted by atomic mass is 79.9. The highest BCUT2D eigenvalue weighted by Crippen LogP contribution is 2.32. The van der Waals surface area contributed by atoms with Crippen molar-refractivity contribution >= 4 is 15.9 Å². The molecule has 0 heterocycles. The zero-order valence-corrected chi connectivity index (χ0v) is 14.2. The minimum absolute atomic E-state index is 0.308. The van der Waals surface area contributed by atoms with Crippen LogP contribution >= 0.6 is 15.9 Å². The standard InChI is InChI=1S/C19H23Br/c1-19(2,3)17(13-15-7-5-4-6-8-15)14-16-9-11-18(20)12-10-16/h4-12,17H,13-14H2,1-3H3. The van der Waals surface area contributed by atoms with Gasteiger partial charge in [0, 0.05) is 4.47 Å². The van der Waals surface area contributed by atoms with Crippen molar-refractivity contribution in [3.63, 3.8) is 0 Å². The summed E-state index contributed by atoms with van der Waals surface area (Å²) in [5.41, 5.74) is 3.16. The van der Waals surface area contributed by atoms with Crippen LogP contribution in [0.3, 0.4) is 0 Å². The molecular weight excluding hydrogens is 308 g/mol. The summed E-state index contributed by atoms with van der Waals surface area (Å²) in [5.74, 6) is 0.645. The van der Waals surface area contributed by atoms with Crippen molar-refractivity contribution in [3.8, 4) is 0 Å². The molecule has 0 aliphatic heterocycles. The summed E-state index contributed by atoms with van der Waals surface area (Å²) >= 11 is 3.50. The molecule has 20 heavy (non-hydrogen) atoms. The Bertz CT molecular complexity index is 520. The van der Waals surface area contributed by atoms with Crippen LogP contribution in [-0.2, 0) is 12.8 Å². The average molecular weight is 331 g/mol. The van der Waals surface area contributed by atoms with Crippen LogP contribution < -0.4 is 0 Å². The molecule has 0 spiro atoms. The second-order valence-corrected chi connectivity index (χ2v) is 7.50. The molecule has 2 aromatic rings. The summed E-state index contributed by atoms with van der Waals surface area (Å²) < 4.78 is 1.15. The van der Waals surface area contributed by atoms with E-state index in [4.69, 9.17) is 0 Å². The lowest BCUT2D eigenvalue weighted by molar-refractivity contribution is 0.237. The highest BCUT2D eigenvalue weighted by molar-refractivity contribution is 9.10. The largest absolute Gasteiger partial charge is 0.0622 e. The Morgan fingerprint density at radius 1 is 0.800 bits per heavy atom. The second-order valence-electron chi connectivity index (χ2n) is 6.58. The molecule has 0 aromatic heterocycles. The number of rotatable bonds is 4.